The first-order valence-corrected chi connectivity index (χ1v) is 10.4. The fourth-order valence-corrected chi connectivity index (χ4v) is 5.09. The Hall–Kier alpha value is -2.96. The Morgan fingerprint density at radius 2 is 1.73 bits per heavy atom. The summed E-state index contributed by atoms with van der Waals surface area (Å²) in [6, 6.07) is 12.6. The maximum atomic E-state index is 13.5. The van der Waals surface area contributed by atoms with Gasteiger partial charge in [0.1, 0.15) is 10.7 Å². The zero-order valence-corrected chi connectivity index (χ0v) is 17.8. The van der Waals surface area contributed by atoms with E-state index in [0.717, 1.165) is 5.56 Å². The molecule has 1 aromatic heterocycles. The van der Waals surface area contributed by atoms with Gasteiger partial charge in [-0.2, -0.15) is 0 Å². The minimum absolute atomic E-state index is 0.115. The van der Waals surface area contributed by atoms with Crippen LogP contribution in [0, 0.1) is 5.82 Å². The molecule has 152 valence electrons. The summed E-state index contributed by atoms with van der Waals surface area (Å²) in [5, 5.41) is 4.47. The van der Waals surface area contributed by atoms with E-state index in [4.69, 9.17) is 17.3 Å². The van der Waals surface area contributed by atoms with Gasteiger partial charge in [0.05, 0.1) is 10.7 Å². The van der Waals surface area contributed by atoms with Crippen molar-refractivity contribution in [2.24, 2.45) is 0 Å². The highest BCUT2D eigenvalue weighted by Crippen LogP contribution is 2.50. The van der Waals surface area contributed by atoms with E-state index >= 15 is 0 Å². The molecule has 0 fully saturated rings. The van der Waals surface area contributed by atoms with Crippen LogP contribution in [0.2, 0.25) is 5.02 Å². The third kappa shape index (κ3) is 3.42. The van der Waals surface area contributed by atoms with E-state index in [0.29, 0.717) is 43.0 Å². The number of carbonyl (C=O) groups is 2. The van der Waals surface area contributed by atoms with Gasteiger partial charge in [-0.3, -0.25) is 9.59 Å². The molecule has 0 amide bonds. The lowest BCUT2D eigenvalue weighted by molar-refractivity contribution is -0.113. The monoisotopic (exact) mass is 440 g/mol. The summed E-state index contributed by atoms with van der Waals surface area (Å²) >= 11 is 7.18. The number of anilines is 2. The van der Waals surface area contributed by atoms with Crippen LogP contribution < -0.4 is 11.1 Å². The average molecular weight is 441 g/mol. The van der Waals surface area contributed by atoms with Crippen molar-refractivity contribution in [2.45, 2.75) is 19.8 Å². The van der Waals surface area contributed by atoms with Crippen LogP contribution in [0.15, 0.2) is 59.8 Å². The van der Waals surface area contributed by atoms with Crippen LogP contribution in [0.25, 0.3) is 0 Å². The Kier molecular flexibility index (Phi) is 5.22. The van der Waals surface area contributed by atoms with Crippen molar-refractivity contribution >= 4 is 45.2 Å². The molecule has 0 saturated carbocycles. The number of halogens is 2. The third-order valence-corrected chi connectivity index (χ3v) is 6.55. The summed E-state index contributed by atoms with van der Waals surface area (Å²) in [6.45, 7) is 3.30. The van der Waals surface area contributed by atoms with E-state index in [2.05, 4.69) is 5.32 Å². The Bertz CT molecular complexity index is 1200. The lowest BCUT2D eigenvalue weighted by Gasteiger charge is -2.28. The molecule has 2 aromatic carbocycles. The van der Waals surface area contributed by atoms with Crippen molar-refractivity contribution in [1.29, 1.82) is 0 Å². The molecule has 4 nitrogen and oxygen atoms in total. The van der Waals surface area contributed by atoms with Crippen molar-refractivity contribution in [2.75, 3.05) is 11.1 Å². The number of thiophene rings is 1. The topological polar surface area (TPSA) is 72.2 Å². The zero-order chi connectivity index (χ0) is 21.6. The van der Waals surface area contributed by atoms with Crippen LogP contribution in [-0.4, -0.2) is 11.6 Å². The van der Waals surface area contributed by atoms with Gasteiger partial charge in [0.25, 0.3) is 0 Å². The number of carbonyl (C=O) groups excluding carboxylic acids is 2. The number of hydrogen-bond acceptors (Lipinski definition) is 5. The molecule has 1 aliphatic heterocycles. The number of rotatable bonds is 4. The molecule has 0 spiro atoms. The molecular formula is C23H18ClFN2O2S. The van der Waals surface area contributed by atoms with E-state index in [-0.39, 0.29) is 17.4 Å². The van der Waals surface area contributed by atoms with Crippen molar-refractivity contribution in [3.8, 4) is 0 Å². The summed E-state index contributed by atoms with van der Waals surface area (Å²) < 4.78 is 13.5. The number of benzene rings is 2. The molecule has 7 heteroatoms. The number of ketones is 2. The molecule has 3 aromatic rings. The number of nitrogens with two attached hydrogens (primary N) is 1. The quantitative estimate of drug-likeness (QED) is 0.505. The molecule has 2 heterocycles. The van der Waals surface area contributed by atoms with E-state index in [1.54, 1.807) is 36.4 Å². The molecular weight excluding hydrogens is 423 g/mol. The van der Waals surface area contributed by atoms with Crippen LogP contribution in [-0.2, 0) is 4.79 Å². The molecule has 1 unspecified atom stereocenters. The SMILES string of the molecule is CC(=O)C1=C(C)Nc2sc(C(=O)c3ccc(Cl)cc3)c(N)c2C1c1ccc(F)cc1. The highest BCUT2D eigenvalue weighted by molar-refractivity contribution is 7.19. The van der Waals surface area contributed by atoms with Crippen LogP contribution in [0.1, 0.15) is 46.1 Å². The molecule has 30 heavy (non-hydrogen) atoms. The molecule has 0 radical (unpaired) electrons. The number of Topliss-reactive ketones (excluding diaryl/α,β-unsaturated/α-hetero) is 1. The van der Waals surface area contributed by atoms with Gasteiger partial charge in [-0.25, -0.2) is 4.39 Å². The maximum Gasteiger partial charge on any atom is 0.205 e. The Balaban J connectivity index is 1.88. The first kappa shape index (κ1) is 20.3. The van der Waals surface area contributed by atoms with Crippen molar-refractivity contribution in [3.63, 3.8) is 0 Å². The standard InChI is InChI=1S/C23H18ClFN2O2S/c1-11-17(12(2)28)18(13-5-9-16(25)10-6-13)19-20(26)22(30-23(19)27-11)21(29)14-3-7-15(24)8-4-14/h3-10,18,27H,26H2,1-2H3. The summed E-state index contributed by atoms with van der Waals surface area (Å²) in [6.07, 6.45) is 0. The number of allylic oxidation sites excluding steroid dienone is 2. The lowest BCUT2D eigenvalue weighted by atomic mass is 9.80. The summed E-state index contributed by atoms with van der Waals surface area (Å²) in [5.41, 5.74) is 9.90. The Morgan fingerprint density at radius 3 is 2.33 bits per heavy atom. The van der Waals surface area contributed by atoms with Crippen LogP contribution in [0.3, 0.4) is 0 Å². The van der Waals surface area contributed by atoms with Crippen molar-refractivity contribution < 1.29 is 14.0 Å². The number of nitrogen functional groups attached to an aromatic ring is 1. The molecule has 1 atom stereocenters. The zero-order valence-electron chi connectivity index (χ0n) is 16.3. The first-order chi connectivity index (χ1) is 14.3. The van der Waals surface area contributed by atoms with Crippen molar-refractivity contribution in [3.05, 3.63) is 92.2 Å². The number of fused-ring (bicyclic) bond motifs is 1. The predicted molar refractivity (Wildman–Crippen MR) is 119 cm³/mol. The largest absolute Gasteiger partial charge is 0.397 e. The summed E-state index contributed by atoms with van der Waals surface area (Å²) in [7, 11) is 0. The fourth-order valence-electron chi connectivity index (χ4n) is 3.79. The van der Waals surface area contributed by atoms with Gasteiger partial charge in [-0.1, -0.05) is 23.7 Å². The molecule has 1 aliphatic rings. The van der Waals surface area contributed by atoms with Gasteiger partial charge in [0.15, 0.2) is 5.78 Å². The average Bonchev–Trinajstić information content (AvgIpc) is 3.03. The minimum atomic E-state index is -0.484. The summed E-state index contributed by atoms with van der Waals surface area (Å²) in [5.74, 6) is -1.18. The summed E-state index contributed by atoms with van der Waals surface area (Å²) in [4.78, 5) is 26.0. The normalized spacial score (nSPS) is 15.5. The second-order valence-corrected chi connectivity index (χ2v) is 8.59. The Morgan fingerprint density at radius 1 is 1.10 bits per heavy atom. The maximum absolute atomic E-state index is 13.5. The Labute approximate surface area is 182 Å². The van der Waals surface area contributed by atoms with Crippen molar-refractivity contribution in [1.82, 2.24) is 0 Å². The van der Waals surface area contributed by atoms with Gasteiger partial charge in [-0.05, 0) is 55.8 Å². The van der Waals surface area contributed by atoms with Crippen LogP contribution >= 0.6 is 22.9 Å². The van der Waals surface area contributed by atoms with Gasteiger partial charge >= 0.3 is 0 Å². The smallest absolute Gasteiger partial charge is 0.205 e. The van der Waals surface area contributed by atoms with E-state index in [1.807, 2.05) is 6.92 Å². The third-order valence-electron chi connectivity index (χ3n) is 5.16. The second kappa shape index (κ2) is 7.70. The van der Waals surface area contributed by atoms with E-state index < -0.39 is 5.92 Å². The predicted octanol–water partition coefficient (Wildman–Crippen LogP) is 5.77. The molecule has 0 aliphatic carbocycles. The molecule has 0 saturated heterocycles. The van der Waals surface area contributed by atoms with Gasteiger partial charge in [-0.15, -0.1) is 11.3 Å². The number of nitrogens with one attached hydrogen (secondary N) is 1. The number of hydrogen-bond donors (Lipinski definition) is 2. The molecule has 0 bridgehead atoms. The van der Waals surface area contributed by atoms with Crippen LogP contribution in [0.5, 0.6) is 0 Å². The lowest BCUT2D eigenvalue weighted by Crippen LogP contribution is -2.21. The van der Waals surface area contributed by atoms with Crippen LogP contribution in [0.4, 0.5) is 15.1 Å². The van der Waals surface area contributed by atoms with E-state index in [1.165, 1.54) is 30.4 Å². The van der Waals surface area contributed by atoms with Gasteiger partial charge in [0, 0.05) is 33.3 Å². The second-order valence-electron chi connectivity index (χ2n) is 7.13. The molecule has 4 rings (SSSR count). The highest BCUT2D eigenvalue weighted by atomic mass is 35.5. The molecule has 3 N–H and O–H groups in total. The van der Waals surface area contributed by atoms with E-state index in [9.17, 15) is 14.0 Å². The first-order valence-electron chi connectivity index (χ1n) is 9.24. The fraction of sp³-hybridized carbons (Fsp3) is 0.130. The van der Waals surface area contributed by atoms with Gasteiger partial charge < -0.3 is 11.1 Å². The highest BCUT2D eigenvalue weighted by Gasteiger charge is 2.36. The minimum Gasteiger partial charge on any atom is -0.397 e. The van der Waals surface area contributed by atoms with Gasteiger partial charge in [0.2, 0.25) is 5.78 Å².